The van der Waals surface area contributed by atoms with Gasteiger partial charge in [-0.1, -0.05) is 30.2 Å². The Morgan fingerprint density at radius 1 is 1.25 bits per heavy atom. The van der Waals surface area contributed by atoms with Crippen LogP contribution in [0.15, 0.2) is 48.2 Å². The van der Waals surface area contributed by atoms with Gasteiger partial charge in [-0.25, -0.2) is 0 Å². The summed E-state index contributed by atoms with van der Waals surface area (Å²) in [5.41, 5.74) is 1.78. The van der Waals surface area contributed by atoms with Crippen LogP contribution in [0, 0.1) is 0 Å². The van der Waals surface area contributed by atoms with Crippen LogP contribution in [-0.2, 0) is 4.79 Å². The lowest BCUT2D eigenvalue weighted by molar-refractivity contribution is -0.115. The largest absolute Gasteiger partial charge is 0.449 e. The second-order valence-corrected chi connectivity index (χ2v) is 8.75. The van der Waals surface area contributed by atoms with E-state index in [1.807, 2.05) is 0 Å². The fourth-order valence-electron chi connectivity index (χ4n) is 4.09. The van der Waals surface area contributed by atoms with E-state index in [9.17, 15) is 9.59 Å². The highest BCUT2D eigenvalue weighted by Crippen LogP contribution is 2.32. The Balaban J connectivity index is 1.33. The number of carbonyl (C=O) groups is 2. The maximum Gasteiger partial charge on any atom is 0.291 e. The first-order chi connectivity index (χ1) is 15.5. The first kappa shape index (κ1) is 22.4. The van der Waals surface area contributed by atoms with Crippen molar-refractivity contribution in [2.45, 2.75) is 38.6 Å². The Hall–Kier alpha value is -2.83. The lowest BCUT2D eigenvalue weighted by Crippen LogP contribution is -2.39. The van der Waals surface area contributed by atoms with Gasteiger partial charge in [-0.2, -0.15) is 0 Å². The zero-order chi connectivity index (χ0) is 22.5. The second kappa shape index (κ2) is 10.2. The van der Waals surface area contributed by atoms with Crippen molar-refractivity contribution >= 4 is 35.2 Å². The molecule has 2 aromatic rings. The molecule has 0 aromatic heterocycles. The van der Waals surface area contributed by atoms with E-state index in [-0.39, 0.29) is 17.6 Å². The summed E-state index contributed by atoms with van der Waals surface area (Å²) in [4.78, 5) is 27.5. The highest BCUT2D eigenvalue weighted by atomic mass is 35.5. The van der Waals surface area contributed by atoms with Crippen LogP contribution in [0.3, 0.4) is 0 Å². The van der Waals surface area contributed by atoms with Crippen LogP contribution < -0.4 is 15.4 Å². The van der Waals surface area contributed by atoms with Gasteiger partial charge in [0, 0.05) is 29.7 Å². The predicted octanol–water partition coefficient (Wildman–Crippen LogP) is 4.71. The Labute approximate surface area is 193 Å². The maximum absolute atomic E-state index is 12.6. The third-order valence-electron chi connectivity index (χ3n) is 5.95. The van der Waals surface area contributed by atoms with Gasteiger partial charge in [-0.15, -0.1) is 0 Å². The Morgan fingerprint density at radius 3 is 2.84 bits per heavy atom. The molecule has 1 atom stereocenters. The topological polar surface area (TPSA) is 70.7 Å². The van der Waals surface area contributed by atoms with Gasteiger partial charge < -0.3 is 20.3 Å². The first-order valence-electron chi connectivity index (χ1n) is 11.1. The Kier molecular flexibility index (Phi) is 7.12. The molecule has 2 heterocycles. The van der Waals surface area contributed by atoms with E-state index >= 15 is 0 Å². The maximum atomic E-state index is 12.6. The fourth-order valence-corrected chi connectivity index (χ4v) is 4.21. The van der Waals surface area contributed by atoms with E-state index in [1.54, 1.807) is 48.5 Å². The summed E-state index contributed by atoms with van der Waals surface area (Å²) < 4.78 is 5.77. The quantitative estimate of drug-likeness (QED) is 0.491. The molecule has 2 N–H and O–H groups in total. The number of piperidine rings is 1. The van der Waals surface area contributed by atoms with Crippen LogP contribution in [0.5, 0.6) is 5.75 Å². The van der Waals surface area contributed by atoms with Crippen LogP contribution in [0.4, 0.5) is 5.69 Å². The van der Waals surface area contributed by atoms with Gasteiger partial charge in [0.2, 0.25) is 0 Å². The van der Waals surface area contributed by atoms with Crippen LogP contribution in [0.25, 0.3) is 6.08 Å². The van der Waals surface area contributed by atoms with Gasteiger partial charge in [0.15, 0.2) is 11.5 Å². The molecule has 0 spiro atoms. The molecule has 7 heteroatoms. The minimum absolute atomic E-state index is 0.156. The molecular weight excluding hydrogens is 426 g/mol. The van der Waals surface area contributed by atoms with Crippen LogP contribution in [-0.4, -0.2) is 42.4 Å². The van der Waals surface area contributed by atoms with Gasteiger partial charge in [0.1, 0.15) is 0 Å². The molecule has 4 rings (SSSR count). The number of amides is 2. The molecule has 168 valence electrons. The zero-order valence-corrected chi connectivity index (χ0v) is 19.0. The summed E-state index contributed by atoms with van der Waals surface area (Å²) in [6.07, 6.45) is 6.39. The molecule has 0 aliphatic carbocycles. The summed E-state index contributed by atoms with van der Waals surface area (Å²) in [5.74, 6) is 0.168. The van der Waals surface area contributed by atoms with Crippen LogP contribution in [0.1, 0.15) is 48.5 Å². The average molecular weight is 454 g/mol. The molecule has 2 aliphatic rings. The van der Waals surface area contributed by atoms with Gasteiger partial charge >= 0.3 is 0 Å². The standard InChI is InChI=1S/C25H28ClN3O3/c1-17-5-2-3-13-29(17)14-4-12-27-24(30)19-8-11-22-21(16-19)28-25(31)23(32-22)15-18-6-9-20(26)10-7-18/h6-11,15-17H,2-5,12-14H2,1H3,(H,27,30)(H,28,31). The number of benzene rings is 2. The van der Waals surface area contributed by atoms with E-state index in [1.165, 1.54) is 19.3 Å². The summed E-state index contributed by atoms with van der Waals surface area (Å²) in [5, 5.41) is 6.41. The Bertz CT molecular complexity index is 1020. The Morgan fingerprint density at radius 2 is 2.06 bits per heavy atom. The van der Waals surface area contributed by atoms with Crippen LogP contribution >= 0.6 is 11.6 Å². The minimum Gasteiger partial charge on any atom is -0.449 e. The molecule has 0 saturated carbocycles. The smallest absolute Gasteiger partial charge is 0.291 e. The van der Waals surface area contributed by atoms with E-state index in [0.29, 0.717) is 34.6 Å². The van der Waals surface area contributed by atoms with E-state index in [0.717, 1.165) is 25.1 Å². The number of anilines is 1. The SMILES string of the molecule is CC1CCCCN1CCCNC(=O)c1ccc2c(c1)NC(=O)C(=Cc1ccc(Cl)cc1)O2. The molecule has 0 bridgehead atoms. The van der Waals surface area contributed by atoms with E-state index in [4.69, 9.17) is 16.3 Å². The number of hydrogen-bond donors (Lipinski definition) is 2. The van der Waals surface area contributed by atoms with Crippen molar-refractivity contribution in [1.82, 2.24) is 10.2 Å². The fraction of sp³-hybridized carbons (Fsp3) is 0.360. The summed E-state index contributed by atoms with van der Waals surface area (Å²) in [6, 6.07) is 12.8. The van der Waals surface area contributed by atoms with E-state index in [2.05, 4.69) is 22.5 Å². The lowest BCUT2D eigenvalue weighted by atomic mass is 10.0. The van der Waals surface area contributed by atoms with Crippen LogP contribution in [0.2, 0.25) is 5.02 Å². The minimum atomic E-state index is -0.361. The number of nitrogens with one attached hydrogen (secondary N) is 2. The van der Waals surface area contributed by atoms with Crippen molar-refractivity contribution in [2.24, 2.45) is 0 Å². The highest BCUT2D eigenvalue weighted by Gasteiger charge is 2.23. The molecule has 1 fully saturated rings. The molecule has 2 aromatic carbocycles. The summed E-state index contributed by atoms with van der Waals surface area (Å²) in [6.45, 7) is 5.04. The number of likely N-dealkylation sites (tertiary alicyclic amines) is 1. The molecule has 1 saturated heterocycles. The second-order valence-electron chi connectivity index (χ2n) is 8.32. The number of hydrogen-bond acceptors (Lipinski definition) is 4. The van der Waals surface area contributed by atoms with Gasteiger partial charge in [-0.3, -0.25) is 9.59 Å². The summed E-state index contributed by atoms with van der Waals surface area (Å²) >= 11 is 5.91. The van der Waals surface area contributed by atoms with Crippen molar-refractivity contribution in [2.75, 3.05) is 25.0 Å². The van der Waals surface area contributed by atoms with Crippen molar-refractivity contribution in [1.29, 1.82) is 0 Å². The molecule has 0 radical (unpaired) electrons. The van der Waals surface area contributed by atoms with Crippen molar-refractivity contribution in [3.8, 4) is 5.75 Å². The predicted molar refractivity (Wildman–Crippen MR) is 127 cm³/mol. The van der Waals surface area contributed by atoms with Gasteiger partial charge in [0.05, 0.1) is 5.69 Å². The first-order valence-corrected chi connectivity index (χ1v) is 11.5. The number of rotatable bonds is 6. The van der Waals surface area contributed by atoms with E-state index < -0.39 is 0 Å². The zero-order valence-electron chi connectivity index (χ0n) is 18.2. The number of halogens is 1. The van der Waals surface area contributed by atoms with Crippen molar-refractivity contribution < 1.29 is 14.3 Å². The molecule has 2 aliphatic heterocycles. The molecule has 2 amide bonds. The van der Waals surface area contributed by atoms with Crippen molar-refractivity contribution in [3.63, 3.8) is 0 Å². The third-order valence-corrected chi connectivity index (χ3v) is 6.20. The number of ether oxygens (including phenoxy) is 1. The normalized spacial score (nSPS) is 19.8. The highest BCUT2D eigenvalue weighted by molar-refractivity contribution is 6.30. The summed E-state index contributed by atoms with van der Waals surface area (Å²) in [7, 11) is 0. The van der Waals surface area contributed by atoms with Gasteiger partial charge in [-0.05, 0) is 74.7 Å². The molecule has 6 nitrogen and oxygen atoms in total. The third kappa shape index (κ3) is 5.50. The number of nitrogens with zero attached hydrogens (tertiary/aromatic N) is 1. The molecular formula is C25H28ClN3O3. The molecule has 1 unspecified atom stereocenters. The van der Waals surface area contributed by atoms with Gasteiger partial charge in [0.25, 0.3) is 11.8 Å². The lowest BCUT2D eigenvalue weighted by Gasteiger charge is -2.33. The molecule has 32 heavy (non-hydrogen) atoms. The number of carbonyl (C=O) groups excluding carboxylic acids is 2. The monoisotopic (exact) mass is 453 g/mol. The number of fused-ring (bicyclic) bond motifs is 1. The van der Waals surface area contributed by atoms with Crippen molar-refractivity contribution in [3.05, 3.63) is 64.4 Å². The average Bonchev–Trinajstić information content (AvgIpc) is 2.79.